The maximum atomic E-state index is 12.6. The first kappa shape index (κ1) is 19.4. The smallest absolute Gasteiger partial charge is 0.267 e. The number of hydrogen-bond acceptors (Lipinski definition) is 6. The number of amides is 1. The lowest BCUT2D eigenvalue weighted by molar-refractivity contribution is -0.112. The average molecular weight is 376 g/mol. The number of benzene rings is 1. The third kappa shape index (κ3) is 4.65. The van der Waals surface area contributed by atoms with Crippen molar-refractivity contribution in [3.05, 3.63) is 60.1 Å². The minimum Gasteiger partial charge on any atom is -0.373 e. The van der Waals surface area contributed by atoms with Crippen molar-refractivity contribution in [2.75, 3.05) is 36.4 Å². The number of aromatic nitrogens is 2. The van der Waals surface area contributed by atoms with Crippen LogP contribution in [0.3, 0.4) is 0 Å². The lowest BCUT2D eigenvalue weighted by Crippen LogP contribution is -2.45. The predicted octanol–water partition coefficient (Wildman–Crippen LogP) is 2.77. The molecule has 7 heteroatoms. The lowest BCUT2D eigenvalue weighted by atomic mass is 10.0. The van der Waals surface area contributed by atoms with E-state index in [1.807, 2.05) is 35.2 Å². The second-order valence-electron chi connectivity index (χ2n) is 6.92. The van der Waals surface area contributed by atoms with E-state index in [0.29, 0.717) is 19.0 Å². The van der Waals surface area contributed by atoms with Crippen molar-refractivity contribution in [1.29, 1.82) is 5.26 Å². The molecule has 1 N–H and O–H groups in total. The molecule has 7 nitrogen and oxygen atoms in total. The molecule has 1 saturated heterocycles. The van der Waals surface area contributed by atoms with Crippen molar-refractivity contribution in [1.82, 2.24) is 14.9 Å². The van der Waals surface area contributed by atoms with E-state index in [4.69, 9.17) is 0 Å². The van der Waals surface area contributed by atoms with Crippen molar-refractivity contribution in [3.63, 3.8) is 0 Å². The van der Waals surface area contributed by atoms with Crippen molar-refractivity contribution in [3.8, 4) is 6.07 Å². The Morgan fingerprint density at radius 1 is 1.14 bits per heavy atom. The van der Waals surface area contributed by atoms with Crippen LogP contribution >= 0.6 is 0 Å². The van der Waals surface area contributed by atoms with E-state index in [0.717, 1.165) is 24.3 Å². The Hall–Kier alpha value is -3.40. The van der Waals surface area contributed by atoms with Gasteiger partial charge in [0, 0.05) is 50.5 Å². The predicted molar refractivity (Wildman–Crippen MR) is 109 cm³/mol. The lowest BCUT2D eigenvalue weighted by Gasteiger charge is -2.34. The highest BCUT2D eigenvalue weighted by Crippen LogP contribution is 2.24. The number of nitrogens with one attached hydrogen (secondary N) is 1. The Kier molecular flexibility index (Phi) is 6.22. The number of hydrogen-bond donors (Lipinski definition) is 1. The molecule has 1 aromatic heterocycles. The van der Waals surface area contributed by atoms with Crippen LogP contribution in [-0.2, 0) is 4.79 Å². The first-order valence-corrected chi connectivity index (χ1v) is 9.36. The van der Waals surface area contributed by atoms with E-state index in [1.165, 1.54) is 0 Å². The molecule has 0 saturated carbocycles. The van der Waals surface area contributed by atoms with Gasteiger partial charge in [-0.05, 0) is 23.6 Å². The van der Waals surface area contributed by atoms with E-state index >= 15 is 0 Å². The molecule has 1 fully saturated rings. The molecule has 144 valence electrons. The highest BCUT2D eigenvalue weighted by atomic mass is 16.1. The molecule has 0 unspecified atom stereocenters. The average Bonchev–Trinajstić information content (AvgIpc) is 2.73. The van der Waals surface area contributed by atoms with Gasteiger partial charge in [0.25, 0.3) is 5.91 Å². The molecule has 0 atom stereocenters. The molecule has 1 aliphatic rings. The fraction of sp³-hybridized carbons (Fsp3) is 0.333. The van der Waals surface area contributed by atoms with Crippen LogP contribution in [0.4, 0.5) is 11.6 Å². The Morgan fingerprint density at radius 2 is 1.82 bits per heavy atom. The summed E-state index contributed by atoms with van der Waals surface area (Å²) in [6, 6.07) is 11.5. The summed E-state index contributed by atoms with van der Waals surface area (Å²) in [6.45, 7) is 7.00. The van der Waals surface area contributed by atoms with Crippen LogP contribution in [0.15, 0.2) is 54.5 Å². The molecule has 2 heterocycles. The van der Waals surface area contributed by atoms with Gasteiger partial charge in [-0.1, -0.05) is 32.0 Å². The van der Waals surface area contributed by atoms with Gasteiger partial charge in [0.2, 0.25) is 5.95 Å². The van der Waals surface area contributed by atoms with Gasteiger partial charge in [0.05, 0.1) is 0 Å². The summed E-state index contributed by atoms with van der Waals surface area (Å²) in [5.74, 6) is 0.596. The largest absolute Gasteiger partial charge is 0.373 e. The summed E-state index contributed by atoms with van der Waals surface area (Å²) < 4.78 is 0. The second-order valence-corrected chi connectivity index (χ2v) is 6.92. The maximum Gasteiger partial charge on any atom is 0.267 e. The molecule has 3 rings (SSSR count). The van der Waals surface area contributed by atoms with Crippen LogP contribution in [-0.4, -0.2) is 47.0 Å². The summed E-state index contributed by atoms with van der Waals surface area (Å²) >= 11 is 0. The highest BCUT2D eigenvalue weighted by molar-refractivity contribution is 6.06. The highest BCUT2D eigenvalue weighted by Gasteiger charge is 2.19. The second kappa shape index (κ2) is 9.00. The molecule has 1 aromatic carbocycles. The molecular formula is C21H24N6O. The zero-order chi connectivity index (χ0) is 19.9. The summed E-state index contributed by atoms with van der Waals surface area (Å²) in [6.07, 6.45) is 5.10. The SMILES string of the molecule is CC(C)c1ccccc1NC(=O)/C(C#N)=C\N1CCN(c2ncccn2)CC1. The molecule has 0 spiro atoms. The number of rotatable bonds is 5. The minimum absolute atomic E-state index is 0.1000. The Morgan fingerprint density at radius 3 is 2.46 bits per heavy atom. The number of carbonyl (C=O) groups is 1. The minimum atomic E-state index is -0.385. The maximum absolute atomic E-state index is 12.6. The van der Waals surface area contributed by atoms with Crippen molar-refractivity contribution < 1.29 is 4.79 Å². The van der Waals surface area contributed by atoms with E-state index < -0.39 is 0 Å². The zero-order valence-electron chi connectivity index (χ0n) is 16.2. The summed E-state index contributed by atoms with van der Waals surface area (Å²) in [4.78, 5) is 25.2. The van der Waals surface area contributed by atoms with Crippen LogP contribution < -0.4 is 10.2 Å². The number of carbonyl (C=O) groups excluding carboxylic acids is 1. The van der Waals surface area contributed by atoms with Crippen LogP contribution in [0.25, 0.3) is 0 Å². The Balaban J connectivity index is 1.65. The van der Waals surface area contributed by atoms with Crippen LogP contribution in [0.5, 0.6) is 0 Å². The Bertz CT molecular complexity index is 879. The van der Waals surface area contributed by atoms with Crippen molar-refractivity contribution in [2.24, 2.45) is 0 Å². The normalized spacial score (nSPS) is 14.7. The summed E-state index contributed by atoms with van der Waals surface area (Å²) in [7, 11) is 0. The molecular weight excluding hydrogens is 352 g/mol. The van der Waals surface area contributed by atoms with Gasteiger partial charge in [-0.15, -0.1) is 0 Å². The fourth-order valence-electron chi connectivity index (χ4n) is 3.13. The third-order valence-corrected chi connectivity index (χ3v) is 4.66. The standard InChI is InChI=1S/C21H24N6O/c1-16(2)18-6-3-4-7-19(18)25-20(28)17(14-22)15-26-10-12-27(13-11-26)21-23-8-5-9-24-21/h3-9,15-16H,10-13H2,1-2H3,(H,25,28)/b17-15-. The first-order valence-electron chi connectivity index (χ1n) is 9.36. The molecule has 0 aliphatic carbocycles. The zero-order valence-corrected chi connectivity index (χ0v) is 16.2. The number of nitrogens with zero attached hydrogens (tertiary/aromatic N) is 5. The van der Waals surface area contributed by atoms with Crippen molar-refractivity contribution >= 4 is 17.5 Å². The number of nitriles is 1. The summed E-state index contributed by atoms with van der Waals surface area (Å²) in [5, 5.41) is 12.4. The van der Waals surface area contributed by atoms with Gasteiger partial charge in [-0.25, -0.2) is 9.97 Å². The number of piperazine rings is 1. The first-order chi connectivity index (χ1) is 13.6. The van der Waals surface area contributed by atoms with Gasteiger partial charge in [-0.2, -0.15) is 5.26 Å². The fourth-order valence-corrected chi connectivity index (χ4v) is 3.13. The van der Waals surface area contributed by atoms with Gasteiger partial charge >= 0.3 is 0 Å². The van der Waals surface area contributed by atoms with E-state index in [2.05, 4.69) is 34.0 Å². The topological polar surface area (TPSA) is 85.2 Å². The molecule has 1 amide bonds. The Labute approximate surface area is 165 Å². The molecule has 0 radical (unpaired) electrons. The molecule has 2 aromatic rings. The van der Waals surface area contributed by atoms with Gasteiger partial charge in [0.1, 0.15) is 11.6 Å². The van der Waals surface area contributed by atoms with E-state index in [9.17, 15) is 10.1 Å². The number of anilines is 2. The van der Waals surface area contributed by atoms with Crippen LogP contribution in [0.2, 0.25) is 0 Å². The molecule has 28 heavy (non-hydrogen) atoms. The van der Waals surface area contributed by atoms with Crippen molar-refractivity contribution in [2.45, 2.75) is 19.8 Å². The van der Waals surface area contributed by atoms with E-state index in [1.54, 1.807) is 24.7 Å². The van der Waals surface area contributed by atoms with E-state index in [-0.39, 0.29) is 17.4 Å². The monoisotopic (exact) mass is 376 g/mol. The van der Waals surface area contributed by atoms with Crippen LogP contribution in [0, 0.1) is 11.3 Å². The van der Waals surface area contributed by atoms with Crippen LogP contribution in [0.1, 0.15) is 25.3 Å². The molecule has 1 aliphatic heterocycles. The quantitative estimate of drug-likeness (QED) is 0.638. The molecule has 0 bridgehead atoms. The van der Waals surface area contributed by atoms with Gasteiger partial charge in [-0.3, -0.25) is 4.79 Å². The van der Waals surface area contributed by atoms with Gasteiger partial charge < -0.3 is 15.1 Å². The summed E-state index contributed by atoms with van der Waals surface area (Å²) in [5.41, 5.74) is 1.89. The third-order valence-electron chi connectivity index (χ3n) is 4.66. The number of para-hydroxylation sites is 1. The van der Waals surface area contributed by atoms with Gasteiger partial charge in [0.15, 0.2) is 0 Å².